The summed E-state index contributed by atoms with van der Waals surface area (Å²) in [6.07, 6.45) is 4.72. The fourth-order valence-electron chi connectivity index (χ4n) is 2.50. The predicted octanol–water partition coefficient (Wildman–Crippen LogP) is 4.46. The second-order valence-electron chi connectivity index (χ2n) is 5.56. The van der Waals surface area contributed by atoms with E-state index in [1.165, 1.54) is 17.0 Å². The molecule has 0 radical (unpaired) electrons. The number of aromatic nitrogens is 3. The third-order valence-corrected chi connectivity index (χ3v) is 4.02. The quantitative estimate of drug-likeness (QED) is 0.276. The molecule has 3 aromatic rings. The molecule has 0 spiro atoms. The van der Waals surface area contributed by atoms with Crippen molar-refractivity contribution in [3.63, 3.8) is 0 Å². The van der Waals surface area contributed by atoms with E-state index in [1.807, 2.05) is 31.2 Å². The Bertz CT molecular complexity index is 1080. The van der Waals surface area contributed by atoms with Crippen molar-refractivity contribution in [1.82, 2.24) is 14.9 Å². The molecular formula is C19H17N5O3S. The van der Waals surface area contributed by atoms with Crippen molar-refractivity contribution in [2.24, 2.45) is 5.10 Å². The summed E-state index contributed by atoms with van der Waals surface area (Å²) in [4.78, 5) is 10.6. The topological polar surface area (TPSA) is 98.3 Å². The summed E-state index contributed by atoms with van der Waals surface area (Å²) in [5, 5.41) is 22.3. The maximum Gasteiger partial charge on any atom is 0.276 e. The number of rotatable bonds is 7. The number of allylic oxidation sites excluding steroid dienone is 1. The van der Waals surface area contributed by atoms with Crippen LogP contribution in [0.4, 0.5) is 5.69 Å². The lowest BCUT2D eigenvalue weighted by molar-refractivity contribution is -0.385. The number of para-hydroxylation sites is 1. The molecule has 1 heterocycles. The van der Waals surface area contributed by atoms with Gasteiger partial charge in [-0.2, -0.15) is 14.9 Å². The minimum atomic E-state index is -0.424. The van der Waals surface area contributed by atoms with Gasteiger partial charge in [0.15, 0.2) is 5.82 Å². The molecule has 0 unspecified atom stereocenters. The van der Waals surface area contributed by atoms with E-state index >= 15 is 0 Å². The largest absolute Gasteiger partial charge is 0.494 e. The van der Waals surface area contributed by atoms with Gasteiger partial charge in [0.05, 0.1) is 17.1 Å². The first-order valence-corrected chi connectivity index (χ1v) is 8.86. The van der Waals surface area contributed by atoms with Gasteiger partial charge >= 0.3 is 0 Å². The van der Waals surface area contributed by atoms with Crippen LogP contribution in [0.15, 0.2) is 59.7 Å². The van der Waals surface area contributed by atoms with Gasteiger partial charge in [0, 0.05) is 17.8 Å². The SMILES string of the molecule is CCOc1ccc(-c2n[nH]c(=S)n2N=CC=Cc2ccccc2[N+](=O)[O-])cc1. The molecule has 28 heavy (non-hydrogen) atoms. The Balaban J connectivity index is 1.83. The summed E-state index contributed by atoms with van der Waals surface area (Å²) in [6, 6.07) is 13.9. The van der Waals surface area contributed by atoms with Gasteiger partial charge in [-0.05, 0) is 61.6 Å². The molecule has 9 heteroatoms. The van der Waals surface area contributed by atoms with E-state index < -0.39 is 4.92 Å². The lowest BCUT2D eigenvalue weighted by Crippen LogP contribution is -1.95. The molecule has 2 aromatic carbocycles. The van der Waals surface area contributed by atoms with Crippen molar-refractivity contribution >= 4 is 30.2 Å². The molecule has 0 atom stereocenters. The van der Waals surface area contributed by atoms with Crippen molar-refractivity contribution in [3.8, 4) is 17.1 Å². The molecule has 0 bridgehead atoms. The van der Waals surface area contributed by atoms with Crippen LogP contribution in [0.1, 0.15) is 12.5 Å². The summed E-state index contributed by atoms with van der Waals surface area (Å²) >= 11 is 5.23. The van der Waals surface area contributed by atoms with E-state index in [1.54, 1.807) is 30.4 Å². The number of ether oxygens (including phenoxy) is 1. The Hall–Kier alpha value is -3.59. The summed E-state index contributed by atoms with van der Waals surface area (Å²) in [6.45, 7) is 2.51. The molecule has 0 aliphatic heterocycles. The van der Waals surface area contributed by atoms with Crippen LogP contribution in [-0.2, 0) is 0 Å². The normalized spacial score (nSPS) is 11.3. The van der Waals surface area contributed by atoms with Crippen LogP contribution in [-0.4, -0.2) is 32.6 Å². The van der Waals surface area contributed by atoms with Crippen molar-refractivity contribution in [2.75, 3.05) is 6.61 Å². The number of nitro groups is 1. The minimum Gasteiger partial charge on any atom is -0.494 e. The molecule has 0 saturated heterocycles. The number of H-pyrrole nitrogens is 1. The lowest BCUT2D eigenvalue weighted by Gasteiger charge is -2.04. The fraction of sp³-hybridized carbons (Fsp3) is 0.105. The monoisotopic (exact) mass is 395 g/mol. The van der Waals surface area contributed by atoms with Gasteiger partial charge in [0.1, 0.15) is 5.75 Å². The minimum absolute atomic E-state index is 0.0298. The van der Waals surface area contributed by atoms with Gasteiger partial charge in [-0.3, -0.25) is 10.1 Å². The first kappa shape index (κ1) is 19.2. The molecule has 142 valence electrons. The second-order valence-corrected chi connectivity index (χ2v) is 5.95. The van der Waals surface area contributed by atoms with Crippen LogP contribution in [0, 0.1) is 14.9 Å². The van der Waals surface area contributed by atoms with Crippen molar-refractivity contribution in [1.29, 1.82) is 0 Å². The Morgan fingerprint density at radius 3 is 2.75 bits per heavy atom. The van der Waals surface area contributed by atoms with Crippen LogP contribution < -0.4 is 4.74 Å². The van der Waals surface area contributed by atoms with E-state index in [2.05, 4.69) is 15.3 Å². The molecule has 0 fully saturated rings. The third kappa shape index (κ3) is 4.38. The van der Waals surface area contributed by atoms with Crippen LogP contribution in [0.2, 0.25) is 0 Å². The maximum atomic E-state index is 11.1. The first-order valence-electron chi connectivity index (χ1n) is 8.45. The molecule has 0 aliphatic carbocycles. The third-order valence-electron chi connectivity index (χ3n) is 3.75. The zero-order valence-corrected chi connectivity index (χ0v) is 15.8. The Kier molecular flexibility index (Phi) is 6.07. The average Bonchev–Trinajstić information content (AvgIpc) is 3.07. The van der Waals surface area contributed by atoms with E-state index in [9.17, 15) is 10.1 Å². The molecule has 1 aromatic heterocycles. The summed E-state index contributed by atoms with van der Waals surface area (Å²) in [5.41, 5.74) is 1.33. The maximum absolute atomic E-state index is 11.1. The summed E-state index contributed by atoms with van der Waals surface area (Å²) < 4.78 is 7.25. The van der Waals surface area contributed by atoms with Crippen LogP contribution >= 0.6 is 12.2 Å². The van der Waals surface area contributed by atoms with Gasteiger partial charge < -0.3 is 4.74 Å². The van der Waals surface area contributed by atoms with Gasteiger partial charge in [-0.25, -0.2) is 5.10 Å². The molecule has 0 saturated carbocycles. The average molecular weight is 395 g/mol. The number of aromatic amines is 1. The molecular weight excluding hydrogens is 378 g/mol. The summed E-state index contributed by atoms with van der Waals surface area (Å²) in [5.74, 6) is 1.31. The Labute approximate surface area is 165 Å². The number of benzene rings is 2. The number of nitrogens with one attached hydrogen (secondary N) is 1. The fourth-order valence-corrected chi connectivity index (χ4v) is 2.68. The van der Waals surface area contributed by atoms with Gasteiger partial charge in [-0.1, -0.05) is 12.1 Å². The highest BCUT2D eigenvalue weighted by Gasteiger charge is 2.09. The van der Waals surface area contributed by atoms with Crippen LogP contribution in [0.3, 0.4) is 0 Å². The predicted molar refractivity (Wildman–Crippen MR) is 110 cm³/mol. The zero-order chi connectivity index (χ0) is 19.9. The molecule has 3 rings (SSSR count). The first-order chi connectivity index (χ1) is 13.6. The number of nitro benzene ring substituents is 1. The van der Waals surface area contributed by atoms with Crippen molar-refractivity contribution < 1.29 is 9.66 Å². The Morgan fingerprint density at radius 2 is 2.04 bits per heavy atom. The van der Waals surface area contributed by atoms with Crippen molar-refractivity contribution in [2.45, 2.75) is 6.92 Å². The van der Waals surface area contributed by atoms with Gasteiger partial charge in [0.25, 0.3) is 5.69 Å². The van der Waals surface area contributed by atoms with Crippen LogP contribution in [0.25, 0.3) is 17.5 Å². The molecule has 0 aliphatic rings. The smallest absolute Gasteiger partial charge is 0.276 e. The van der Waals surface area contributed by atoms with E-state index in [0.29, 0.717) is 22.8 Å². The van der Waals surface area contributed by atoms with E-state index in [-0.39, 0.29) is 5.69 Å². The van der Waals surface area contributed by atoms with Gasteiger partial charge in [0.2, 0.25) is 4.77 Å². The van der Waals surface area contributed by atoms with Gasteiger partial charge in [-0.15, -0.1) is 0 Å². The summed E-state index contributed by atoms with van der Waals surface area (Å²) in [7, 11) is 0. The van der Waals surface area contributed by atoms with E-state index in [4.69, 9.17) is 17.0 Å². The molecule has 0 amide bonds. The van der Waals surface area contributed by atoms with Crippen molar-refractivity contribution in [3.05, 3.63) is 75.1 Å². The lowest BCUT2D eigenvalue weighted by atomic mass is 10.2. The van der Waals surface area contributed by atoms with E-state index in [0.717, 1.165) is 11.3 Å². The highest BCUT2D eigenvalue weighted by Crippen LogP contribution is 2.21. The standard InChI is InChI=1S/C19H17N5O3S/c1-2-27-16-11-9-15(10-12-16)18-21-22-19(28)23(18)20-13-5-7-14-6-3-4-8-17(14)24(25)26/h3-13H,2H2,1H3,(H,22,28). The number of nitrogens with zero attached hydrogens (tertiary/aromatic N) is 4. The Morgan fingerprint density at radius 1 is 1.29 bits per heavy atom. The number of hydrogen-bond donors (Lipinski definition) is 1. The second kappa shape index (κ2) is 8.87. The van der Waals surface area contributed by atoms with Crippen LogP contribution in [0.5, 0.6) is 5.75 Å². The highest BCUT2D eigenvalue weighted by molar-refractivity contribution is 7.71. The highest BCUT2D eigenvalue weighted by atomic mass is 32.1. The molecule has 1 N–H and O–H groups in total. The molecule has 8 nitrogen and oxygen atoms in total. The zero-order valence-electron chi connectivity index (χ0n) is 15.0. The number of hydrogen-bond acceptors (Lipinski definition) is 6.